The number of rotatable bonds is 11. The molecule has 0 saturated carbocycles. The number of amides is 1. The average molecular weight is 493 g/mol. The molecule has 1 aliphatic rings. The van der Waals surface area contributed by atoms with E-state index in [4.69, 9.17) is 18.9 Å². The largest absolute Gasteiger partial charge is 0.493 e. The van der Waals surface area contributed by atoms with E-state index >= 15 is 0 Å². The second-order valence-electron chi connectivity index (χ2n) is 7.66. The molecule has 0 spiro atoms. The van der Waals surface area contributed by atoms with Crippen molar-refractivity contribution in [1.29, 1.82) is 0 Å². The van der Waals surface area contributed by atoms with Crippen molar-refractivity contribution < 1.29 is 32.2 Å². The van der Waals surface area contributed by atoms with Crippen LogP contribution in [0.2, 0.25) is 0 Å². The third-order valence-electron chi connectivity index (χ3n) is 5.53. The van der Waals surface area contributed by atoms with E-state index in [9.17, 15) is 13.2 Å². The highest BCUT2D eigenvalue weighted by Gasteiger charge is 2.28. The fourth-order valence-electron chi connectivity index (χ4n) is 3.81. The predicted octanol–water partition coefficient (Wildman–Crippen LogP) is 2.62. The van der Waals surface area contributed by atoms with Gasteiger partial charge in [0.2, 0.25) is 10.0 Å². The first-order valence-corrected chi connectivity index (χ1v) is 12.8. The molecular formula is C24H32N2O7S. The van der Waals surface area contributed by atoms with Crippen molar-refractivity contribution in [2.24, 2.45) is 0 Å². The van der Waals surface area contributed by atoms with Crippen LogP contribution in [0, 0.1) is 0 Å². The van der Waals surface area contributed by atoms with Crippen LogP contribution in [-0.4, -0.2) is 64.9 Å². The molecule has 34 heavy (non-hydrogen) atoms. The average Bonchev–Trinajstić information content (AvgIpc) is 2.83. The standard InChI is InChI=1S/C24H32N2O7S/c1-5-32-20-8-7-18(14-23(20)33-6-2)24(27)25-10-12-34(28,29)26-11-9-17-13-21(30-3)22(31-4)15-19(17)16-26/h7-8,13-15H,5-6,9-12,16H2,1-4H3,(H,25,27). The van der Waals surface area contributed by atoms with E-state index in [2.05, 4.69) is 5.32 Å². The molecule has 0 fully saturated rings. The van der Waals surface area contributed by atoms with Crippen LogP contribution in [0.3, 0.4) is 0 Å². The zero-order valence-corrected chi connectivity index (χ0v) is 20.9. The van der Waals surface area contributed by atoms with Gasteiger partial charge in [0.15, 0.2) is 23.0 Å². The minimum Gasteiger partial charge on any atom is -0.493 e. The van der Waals surface area contributed by atoms with E-state index in [-0.39, 0.29) is 24.7 Å². The summed E-state index contributed by atoms with van der Waals surface area (Å²) in [5.41, 5.74) is 2.30. The van der Waals surface area contributed by atoms with Crippen LogP contribution in [0.15, 0.2) is 30.3 Å². The molecule has 186 valence electrons. The molecule has 1 aliphatic heterocycles. The Bertz CT molecular complexity index is 1120. The first kappa shape index (κ1) is 25.6. The van der Waals surface area contributed by atoms with Crippen molar-refractivity contribution in [2.45, 2.75) is 26.8 Å². The summed E-state index contributed by atoms with van der Waals surface area (Å²) in [5.74, 6) is 1.65. The van der Waals surface area contributed by atoms with Gasteiger partial charge < -0.3 is 24.3 Å². The Morgan fingerprint density at radius 3 is 2.24 bits per heavy atom. The number of ether oxygens (including phenoxy) is 4. The Kier molecular flexibility index (Phi) is 8.62. The van der Waals surface area contributed by atoms with Gasteiger partial charge in [-0.3, -0.25) is 4.79 Å². The van der Waals surface area contributed by atoms with Crippen LogP contribution < -0.4 is 24.3 Å². The first-order chi connectivity index (χ1) is 16.3. The summed E-state index contributed by atoms with van der Waals surface area (Å²) >= 11 is 0. The molecule has 2 aromatic carbocycles. The fourth-order valence-corrected chi connectivity index (χ4v) is 5.14. The second-order valence-corrected chi connectivity index (χ2v) is 9.75. The van der Waals surface area contributed by atoms with Crippen molar-refractivity contribution in [1.82, 2.24) is 9.62 Å². The summed E-state index contributed by atoms with van der Waals surface area (Å²) in [7, 11) is -0.448. The molecule has 0 bridgehead atoms. The molecule has 1 N–H and O–H groups in total. The van der Waals surface area contributed by atoms with Gasteiger partial charge in [0.25, 0.3) is 5.91 Å². The molecule has 0 aliphatic carbocycles. The van der Waals surface area contributed by atoms with Crippen molar-refractivity contribution >= 4 is 15.9 Å². The monoisotopic (exact) mass is 492 g/mol. The van der Waals surface area contributed by atoms with Gasteiger partial charge in [-0.1, -0.05) is 0 Å². The number of fused-ring (bicyclic) bond motifs is 1. The highest BCUT2D eigenvalue weighted by Crippen LogP contribution is 2.34. The topological polar surface area (TPSA) is 103 Å². The number of nitrogens with one attached hydrogen (secondary N) is 1. The fraction of sp³-hybridized carbons (Fsp3) is 0.458. The minimum atomic E-state index is -3.57. The van der Waals surface area contributed by atoms with Crippen LogP contribution in [0.1, 0.15) is 35.3 Å². The van der Waals surface area contributed by atoms with Gasteiger partial charge in [0.1, 0.15) is 0 Å². The Balaban J connectivity index is 1.61. The molecule has 9 nitrogen and oxygen atoms in total. The third kappa shape index (κ3) is 5.92. The molecule has 3 rings (SSSR count). The van der Waals surface area contributed by atoms with Crippen molar-refractivity contribution in [3.8, 4) is 23.0 Å². The lowest BCUT2D eigenvalue weighted by molar-refractivity contribution is 0.0955. The molecule has 0 aromatic heterocycles. The van der Waals surface area contributed by atoms with E-state index in [1.54, 1.807) is 32.4 Å². The highest BCUT2D eigenvalue weighted by molar-refractivity contribution is 7.89. The number of sulfonamides is 1. The second kappa shape index (κ2) is 11.4. The quantitative estimate of drug-likeness (QED) is 0.514. The first-order valence-electron chi connectivity index (χ1n) is 11.2. The number of carbonyl (C=O) groups excluding carboxylic acids is 1. The maximum Gasteiger partial charge on any atom is 0.251 e. The maximum absolute atomic E-state index is 12.9. The van der Waals surface area contributed by atoms with E-state index in [1.807, 2.05) is 26.0 Å². The smallest absolute Gasteiger partial charge is 0.251 e. The summed E-state index contributed by atoms with van der Waals surface area (Å²) in [4.78, 5) is 12.6. The minimum absolute atomic E-state index is 0.00631. The van der Waals surface area contributed by atoms with Crippen LogP contribution in [0.4, 0.5) is 0 Å². The van der Waals surface area contributed by atoms with Gasteiger partial charge >= 0.3 is 0 Å². The molecule has 0 atom stereocenters. The third-order valence-corrected chi connectivity index (χ3v) is 7.35. The highest BCUT2D eigenvalue weighted by atomic mass is 32.2. The number of hydrogen-bond donors (Lipinski definition) is 1. The summed E-state index contributed by atoms with van der Waals surface area (Å²) in [6.07, 6.45) is 0.577. The summed E-state index contributed by atoms with van der Waals surface area (Å²) in [6.45, 7) is 5.24. The van der Waals surface area contributed by atoms with Crippen LogP contribution >= 0.6 is 0 Å². The molecule has 10 heteroatoms. The van der Waals surface area contributed by atoms with E-state index in [0.29, 0.717) is 54.7 Å². The Labute approximate surface area is 201 Å². The molecular weight excluding hydrogens is 460 g/mol. The molecule has 0 unspecified atom stereocenters. The number of carbonyl (C=O) groups is 1. The lowest BCUT2D eigenvalue weighted by atomic mass is 10.0. The van der Waals surface area contributed by atoms with Gasteiger partial charge in [-0.15, -0.1) is 0 Å². The maximum atomic E-state index is 12.9. The van der Waals surface area contributed by atoms with Gasteiger partial charge in [-0.05, 0) is 61.7 Å². The van der Waals surface area contributed by atoms with Crippen LogP contribution in [-0.2, 0) is 23.0 Å². The van der Waals surface area contributed by atoms with Crippen LogP contribution in [0.25, 0.3) is 0 Å². The normalized spacial score (nSPS) is 13.6. The number of methoxy groups -OCH3 is 2. The molecule has 1 heterocycles. The lowest BCUT2D eigenvalue weighted by Crippen LogP contribution is -2.40. The zero-order chi connectivity index (χ0) is 24.7. The van der Waals surface area contributed by atoms with Crippen molar-refractivity contribution in [3.63, 3.8) is 0 Å². The van der Waals surface area contributed by atoms with Gasteiger partial charge in [-0.25, -0.2) is 8.42 Å². The van der Waals surface area contributed by atoms with E-state index < -0.39 is 10.0 Å². The Morgan fingerprint density at radius 2 is 1.59 bits per heavy atom. The zero-order valence-electron chi connectivity index (χ0n) is 20.0. The van der Waals surface area contributed by atoms with Crippen molar-refractivity contribution in [2.75, 3.05) is 46.3 Å². The number of hydrogen-bond acceptors (Lipinski definition) is 7. The molecule has 0 saturated heterocycles. The van der Waals surface area contributed by atoms with Gasteiger partial charge in [-0.2, -0.15) is 4.31 Å². The van der Waals surface area contributed by atoms with Gasteiger partial charge in [0.05, 0.1) is 33.2 Å². The van der Waals surface area contributed by atoms with E-state index in [1.165, 1.54) is 4.31 Å². The van der Waals surface area contributed by atoms with E-state index in [0.717, 1.165) is 11.1 Å². The summed E-state index contributed by atoms with van der Waals surface area (Å²) in [6, 6.07) is 8.61. The summed E-state index contributed by atoms with van der Waals surface area (Å²) in [5, 5.41) is 2.69. The Hall–Kier alpha value is -2.98. The molecule has 1 amide bonds. The van der Waals surface area contributed by atoms with Crippen molar-refractivity contribution in [3.05, 3.63) is 47.0 Å². The van der Waals surface area contributed by atoms with Crippen LogP contribution in [0.5, 0.6) is 23.0 Å². The number of nitrogens with zero attached hydrogens (tertiary/aromatic N) is 1. The lowest BCUT2D eigenvalue weighted by Gasteiger charge is -2.29. The molecule has 0 radical (unpaired) electrons. The molecule has 2 aromatic rings. The summed E-state index contributed by atoms with van der Waals surface area (Å²) < 4.78 is 49.0. The predicted molar refractivity (Wildman–Crippen MR) is 129 cm³/mol. The SMILES string of the molecule is CCOc1ccc(C(=O)NCCS(=O)(=O)N2CCc3cc(OC)c(OC)cc3C2)cc1OCC. The Morgan fingerprint density at radius 1 is 0.941 bits per heavy atom. The van der Waals surface area contributed by atoms with Gasteiger partial charge in [0, 0.05) is 25.2 Å². The number of benzene rings is 2.